The minimum Gasteiger partial charge on any atom is -0.504 e. The van der Waals surface area contributed by atoms with Gasteiger partial charge < -0.3 is 46.0 Å². The lowest BCUT2D eigenvalue weighted by Crippen LogP contribution is -1.95. The molecule has 0 saturated carbocycles. The van der Waals surface area contributed by atoms with Gasteiger partial charge in [-0.05, 0) is 256 Å². The molecule has 132 heavy (non-hydrogen) atoms. The number of hydrogen-bond donors (Lipinski definition) is 9. The van der Waals surface area contributed by atoms with Crippen molar-refractivity contribution in [2.24, 2.45) is 0 Å². The molecule has 9 aromatic carbocycles. The average molecular weight is 1810 g/mol. The number of rotatable bonds is 42. The number of aryl methyl sites for hydroxylation is 9. The molecule has 0 amide bonds. The summed E-state index contributed by atoms with van der Waals surface area (Å²) < 4.78 is 0. The van der Waals surface area contributed by atoms with E-state index in [0.29, 0.717) is 0 Å². The molecular weight excluding hydrogens is 1660 g/mol. The Hall–Kier alpha value is -11.8. The van der Waals surface area contributed by atoms with Gasteiger partial charge in [0.25, 0.3) is 0 Å². The van der Waals surface area contributed by atoms with E-state index in [1.54, 1.807) is 85.8 Å². The van der Waals surface area contributed by atoms with E-state index >= 15 is 0 Å². The van der Waals surface area contributed by atoms with E-state index in [4.69, 9.17) is 25.5 Å². The molecule has 0 heterocycles. The monoisotopic (exact) mass is 1810 g/mol. The number of hydrogen-bond acceptors (Lipinski definition) is 18. The molecule has 18 nitrogen and oxygen atoms in total. The molecule has 0 fully saturated rings. The summed E-state index contributed by atoms with van der Waals surface area (Å²) in [5.74, 6) is -1.59. The third kappa shape index (κ3) is 60.2. The summed E-state index contributed by atoms with van der Waals surface area (Å²) in [4.78, 5) is 101. The summed E-state index contributed by atoms with van der Waals surface area (Å²) in [6, 6.07) is 58.7. The zero-order valence-electron chi connectivity index (χ0n) is 80.7. The molecule has 0 radical (unpaired) electrons. The van der Waals surface area contributed by atoms with Gasteiger partial charge in [-0.15, -0.1) is 0 Å². The fourth-order valence-corrected chi connectivity index (χ4v) is 13.5. The second-order valence-electron chi connectivity index (χ2n) is 33.3. The van der Waals surface area contributed by atoms with Crippen molar-refractivity contribution in [3.8, 4) is 51.7 Å². The van der Waals surface area contributed by atoms with E-state index in [2.05, 4.69) is 48.5 Å². The average Bonchev–Trinajstić information content (AvgIpc) is 1.78. The minimum atomic E-state index is -0.331. The van der Waals surface area contributed by atoms with Gasteiger partial charge in [0.05, 0.1) is 0 Å². The summed E-state index contributed by atoms with van der Waals surface area (Å²) in [6.45, 7) is 19.0. The predicted octanol–water partition coefficient (Wildman–Crippen LogP) is 24.8. The van der Waals surface area contributed by atoms with E-state index in [0.717, 1.165) is 153 Å². The Morgan fingerprint density at radius 3 is 0.523 bits per heavy atom. The summed E-state index contributed by atoms with van der Waals surface area (Å²) in [6.07, 6.45) is 49.7. The van der Waals surface area contributed by atoms with Gasteiger partial charge in [0.15, 0.2) is 51.7 Å². The van der Waals surface area contributed by atoms with Crippen molar-refractivity contribution in [2.45, 2.75) is 332 Å². The Kier molecular flexibility index (Phi) is 68.8. The van der Waals surface area contributed by atoms with E-state index in [-0.39, 0.29) is 101 Å². The van der Waals surface area contributed by atoms with Crippen molar-refractivity contribution in [3.63, 3.8) is 0 Å². The van der Waals surface area contributed by atoms with E-state index in [1.165, 1.54) is 258 Å². The van der Waals surface area contributed by atoms with Crippen molar-refractivity contribution >= 4 is 0 Å². The third-order valence-corrected chi connectivity index (χ3v) is 21.4. The SMILES string of the molecule is CCCCCCCCCCCCc1cccc(O)c(=O)c1.CCCCCCCCCCc1cccc(O)c(=O)c1.CCCCCCCCc1cccc(O)c(=O)c1.CCCCCCc1cccc(O)c(=O)c1.CCCCCc1cccc(O)c(=O)c1.CCCCc1cccc(O)c(=O)c1.CCCc1cccc(O)c(=O)c1.CCc1cccc(O)c(=O)c1.Cc1cccc(O)c(=O)c1. The molecule has 9 N–H and O–H groups in total. The Balaban J connectivity index is 0.000000749. The standard InChI is InChI=1S/C19H30O2.C17H26O2.C15H22O2.C13H18O2.C12H16O2.C11H14O2.C10H12O2.C9H10O2.C8H8O2/c1-2-3-4-5-6-7-8-9-10-11-13-17-14-12-15-18(20)19(21)16-17;1-2-3-4-5-6-7-8-9-11-15-12-10-13-16(18)17(19)14-15;1-2-3-4-5-6-7-9-13-10-8-11-14(16)15(17)12-13;1-2-3-4-5-7-11-8-6-9-12(14)13(15)10-11;1-2-3-4-6-10-7-5-8-11(13)12(14)9-10;1-2-3-5-9-6-4-7-10(12)11(13)8-9;1-2-4-8-5-3-6-9(11)10(12)7-8;1-2-7-4-3-5-8(10)9(11)6-7;1-6-3-2-4-7(9)8(10)5-6/h12,14-16H,2-11,13H2,1H3,(H,20,21);10,12-14H,2-9,11H2,1H3,(H,18,19);8,10-12H,2-7,9H2,1H3,(H,16,17);6,8-10H,2-5,7H2,1H3,(H,14,15);5,7-9H,2-4,6H2,1H3,(H,13,14);4,6-8H,2-3,5H2,1H3,(H,12,13);3,5-7H,2,4H2,1H3,(H,11,12);3-6H,2H2,1H3,(H,10,11);2-5H,1H3,(H,9,10). The molecule has 9 aromatic rings. The zero-order chi connectivity index (χ0) is 97.7. The quantitative estimate of drug-likeness (QED) is 0.0161. The van der Waals surface area contributed by atoms with Crippen molar-refractivity contribution in [2.75, 3.05) is 0 Å². The van der Waals surface area contributed by atoms with E-state index < -0.39 is 0 Å². The van der Waals surface area contributed by atoms with Crippen molar-refractivity contribution < 1.29 is 46.0 Å². The van der Waals surface area contributed by atoms with Gasteiger partial charge in [-0.25, -0.2) is 0 Å². The maximum absolute atomic E-state index is 11.5. The first-order chi connectivity index (χ1) is 63.6. The maximum atomic E-state index is 11.5. The third-order valence-electron chi connectivity index (χ3n) is 21.4. The van der Waals surface area contributed by atoms with E-state index in [1.807, 2.05) is 55.5 Å². The molecule has 0 aromatic heterocycles. The highest BCUT2D eigenvalue weighted by molar-refractivity contribution is 5.31. The maximum Gasteiger partial charge on any atom is 0.220 e. The smallest absolute Gasteiger partial charge is 0.220 e. The molecule has 0 saturated heterocycles. The van der Waals surface area contributed by atoms with Crippen LogP contribution in [0.15, 0.2) is 262 Å². The molecule has 0 unspecified atom stereocenters. The summed E-state index contributed by atoms with van der Waals surface area (Å²) in [5.41, 5.74) is 6.19. The number of unbranched alkanes of at least 4 members (excludes halogenated alkanes) is 27. The molecule has 720 valence electrons. The molecule has 0 aliphatic carbocycles. The summed E-state index contributed by atoms with van der Waals surface area (Å²) in [7, 11) is 0. The highest BCUT2D eigenvalue weighted by Crippen LogP contribution is 2.18. The molecule has 0 aliphatic heterocycles. The largest absolute Gasteiger partial charge is 0.504 e. The van der Waals surface area contributed by atoms with Crippen LogP contribution in [0.3, 0.4) is 0 Å². The second-order valence-corrected chi connectivity index (χ2v) is 33.3. The van der Waals surface area contributed by atoms with Crippen LogP contribution in [0.25, 0.3) is 0 Å². The Labute approximate surface area is 785 Å². The fourth-order valence-electron chi connectivity index (χ4n) is 13.5. The van der Waals surface area contributed by atoms with Crippen LogP contribution in [0, 0.1) is 6.92 Å². The van der Waals surface area contributed by atoms with Crippen LogP contribution < -0.4 is 48.9 Å². The van der Waals surface area contributed by atoms with Gasteiger partial charge in [0.1, 0.15) is 0 Å². The van der Waals surface area contributed by atoms with Crippen LogP contribution in [-0.4, -0.2) is 46.0 Å². The zero-order valence-corrected chi connectivity index (χ0v) is 80.7. The minimum absolute atomic E-state index is 0.163. The molecule has 18 heteroatoms. The normalized spacial score (nSPS) is 10.2. The highest BCUT2D eigenvalue weighted by Gasteiger charge is 2.06. The molecular formula is C114H156O18. The van der Waals surface area contributed by atoms with Crippen LogP contribution in [0.4, 0.5) is 0 Å². The van der Waals surface area contributed by atoms with Crippen LogP contribution in [-0.2, 0) is 51.4 Å². The summed E-state index contributed by atoms with van der Waals surface area (Å²) in [5, 5.41) is 82.3. The highest BCUT2D eigenvalue weighted by atomic mass is 16.3. The van der Waals surface area contributed by atoms with Gasteiger partial charge in [0.2, 0.25) is 48.9 Å². The first kappa shape index (κ1) is 118. The van der Waals surface area contributed by atoms with Gasteiger partial charge in [0, 0.05) is 0 Å². The topological polar surface area (TPSA) is 336 Å². The lowest BCUT2D eigenvalue weighted by atomic mass is 10.0. The number of aromatic hydroxyl groups is 9. The second kappa shape index (κ2) is 76.9. The molecule has 0 aliphatic rings. The van der Waals surface area contributed by atoms with E-state index in [9.17, 15) is 63.6 Å². The fraction of sp³-hybridized carbons (Fsp3) is 0.447. The predicted molar refractivity (Wildman–Crippen MR) is 546 cm³/mol. The Morgan fingerprint density at radius 1 is 0.159 bits per heavy atom. The van der Waals surface area contributed by atoms with Gasteiger partial charge in [-0.1, -0.05) is 344 Å². The molecule has 9 rings (SSSR count). The molecule has 0 bridgehead atoms. The summed E-state index contributed by atoms with van der Waals surface area (Å²) >= 11 is 0. The first-order valence-corrected chi connectivity index (χ1v) is 48.5. The Morgan fingerprint density at radius 2 is 0.311 bits per heavy atom. The van der Waals surface area contributed by atoms with Gasteiger partial charge in [-0.3, -0.25) is 43.2 Å². The van der Waals surface area contributed by atoms with Crippen LogP contribution in [0.1, 0.15) is 324 Å². The van der Waals surface area contributed by atoms with Crippen molar-refractivity contribution in [3.05, 3.63) is 360 Å². The molecule has 0 atom stereocenters. The Bertz CT molecular complexity index is 5240. The van der Waals surface area contributed by atoms with Gasteiger partial charge in [-0.2, -0.15) is 0 Å². The van der Waals surface area contributed by atoms with Crippen molar-refractivity contribution in [1.82, 2.24) is 0 Å². The first-order valence-electron chi connectivity index (χ1n) is 48.5. The van der Waals surface area contributed by atoms with Crippen LogP contribution >= 0.6 is 0 Å². The van der Waals surface area contributed by atoms with Gasteiger partial charge >= 0.3 is 0 Å². The molecule has 0 spiro atoms. The van der Waals surface area contributed by atoms with Crippen LogP contribution in [0.2, 0.25) is 0 Å². The lowest BCUT2D eigenvalue weighted by Gasteiger charge is -2.02. The lowest BCUT2D eigenvalue weighted by molar-refractivity contribution is 0.470. The van der Waals surface area contributed by atoms with Crippen LogP contribution in [0.5, 0.6) is 51.7 Å². The van der Waals surface area contributed by atoms with Crippen molar-refractivity contribution in [1.29, 1.82) is 0 Å².